The summed E-state index contributed by atoms with van der Waals surface area (Å²) in [5.41, 5.74) is 2.95. The topological polar surface area (TPSA) is 85.1 Å². The van der Waals surface area contributed by atoms with Crippen molar-refractivity contribution in [2.45, 2.75) is 19.6 Å². The van der Waals surface area contributed by atoms with E-state index >= 15 is 4.39 Å². The molecule has 36 heavy (non-hydrogen) atoms. The molecule has 2 aromatic carbocycles. The Morgan fingerprint density at radius 2 is 1.78 bits per heavy atom. The first kappa shape index (κ1) is 24.6. The standard InChI is InChI=1S/C25H20Cl3FN4O3/c1-3-35-21-5-14(24(34-2)15-10-31-25-13(15)4-12(26)9-30-25)18(29)8-22(21)36-11-23-32-19-6-16(27)17(28)7-20(19)33-23/h4-10,24H,3,11H2,1-2H3,(H,30,31)(H,32,33). The predicted molar refractivity (Wildman–Crippen MR) is 138 cm³/mol. The zero-order chi connectivity index (χ0) is 25.4. The fourth-order valence-corrected chi connectivity index (χ4v) is 4.52. The molecule has 5 rings (SSSR count). The van der Waals surface area contributed by atoms with Gasteiger partial charge in [-0.3, -0.25) is 0 Å². The number of rotatable bonds is 8. The molecule has 0 radical (unpaired) electrons. The van der Waals surface area contributed by atoms with Crippen molar-refractivity contribution in [3.63, 3.8) is 0 Å². The Morgan fingerprint density at radius 1 is 1.00 bits per heavy atom. The molecule has 0 bridgehead atoms. The fourth-order valence-electron chi connectivity index (χ4n) is 4.04. The van der Waals surface area contributed by atoms with Crippen LogP contribution in [0, 0.1) is 5.82 Å². The van der Waals surface area contributed by atoms with E-state index in [1.807, 2.05) is 6.92 Å². The number of pyridine rings is 1. The minimum Gasteiger partial charge on any atom is -0.490 e. The number of imidazole rings is 1. The quantitative estimate of drug-likeness (QED) is 0.213. The van der Waals surface area contributed by atoms with Gasteiger partial charge in [-0.1, -0.05) is 34.8 Å². The molecule has 11 heteroatoms. The summed E-state index contributed by atoms with van der Waals surface area (Å²) in [4.78, 5) is 14.9. The molecule has 3 heterocycles. The zero-order valence-electron chi connectivity index (χ0n) is 19.2. The van der Waals surface area contributed by atoms with Crippen molar-refractivity contribution in [1.82, 2.24) is 19.9 Å². The highest BCUT2D eigenvalue weighted by Crippen LogP contribution is 2.39. The van der Waals surface area contributed by atoms with Crippen LogP contribution >= 0.6 is 34.8 Å². The van der Waals surface area contributed by atoms with Gasteiger partial charge < -0.3 is 24.2 Å². The number of fused-ring (bicyclic) bond motifs is 2. The van der Waals surface area contributed by atoms with E-state index < -0.39 is 11.9 Å². The first-order valence-electron chi connectivity index (χ1n) is 11.0. The lowest BCUT2D eigenvalue weighted by atomic mass is 10.00. The SMILES string of the molecule is CCOc1cc(C(OC)c2c[nH]c3ncc(Cl)cc23)c(F)cc1OCc1nc2cc(Cl)c(Cl)cc2[nH]1. The molecule has 5 aromatic rings. The highest BCUT2D eigenvalue weighted by Gasteiger charge is 2.24. The Balaban J connectivity index is 1.47. The molecule has 0 saturated carbocycles. The summed E-state index contributed by atoms with van der Waals surface area (Å²) in [6, 6.07) is 7.97. The van der Waals surface area contributed by atoms with Gasteiger partial charge >= 0.3 is 0 Å². The Morgan fingerprint density at radius 3 is 2.56 bits per heavy atom. The Bertz CT molecular complexity index is 1530. The van der Waals surface area contributed by atoms with Crippen LogP contribution in [0.4, 0.5) is 4.39 Å². The molecule has 1 unspecified atom stereocenters. The lowest BCUT2D eigenvalue weighted by Crippen LogP contribution is -2.08. The molecule has 2 N–H and O–H groups in total. The van der Waals surface area contributed by atoms with E-state index in [4.69, 9.17) is 49.0 Å². The van der Waals surface area contributed by atoms with E-state index in [1.54, 1.807) is 30.5 Å². The van der Waals surface area contributed by atoms with Gasteiger partial charge in [0, 0.05) is 42.1 Å². The lowest BCUT2D eigenvalue weighted by molar-refractivity contribution is 0.133. The summed E-state index contributed by atoms with van der Waals surface area (Å²) in [6.07, 6.45) is 2.53. The summed E-state index contributed by atoms with van der Waals surface area (Å²) in [5, 5.41) is 2.02. The van der Waals surface area contributed by atoms with Crippen LogP contribution in [0.3, 0.4) is 0 Å². The number of aromatic amines is 2. The van der Waals surface area contributed by atoms with Crippen LogP contribution in [0.15, 0.2) is 42.7 Å². The maximum atomic E-state index is 15.4. The maximum Gasteiger partial charge on any atom is 0.164 e. The number of hydrogen-bond acceptors (Lipinski definition) is 5. The number of ether oxygens (including phenoxy) is 3. The van der Waals surface area contributed by atoms with Crippen molar-refractivity contribution in [2.75, 3.05) is 13.7 Å². The highest BCUT2D eigenvalue weighted by atomic mass is 35.5. The van der Waals surface area contributed by atoms with Gasteiger partial charge in [0.1, 0.15) is 30.0 Å². The van der Waals surface area contributed by atoms with Crippen LogP contribution in [-0.4, -0.2) is 33.7 Å². The second-order valence-electron chi connectivity index (χ2n) is 7.92. The first-order valence-corrected chi connectivity index (χ1v) is 12.1. The molecule has 3 aromatic heterocycles. The van der Waals surface area contributed by atoms with Crippen LogP contribution in [0.25, 0.3) is 22.1 Å². The second kappa shape index (κ2) is 10.1. The minimum atomic E-state index is -0.739. The van der Waals surface area contributed by atoms with E-state index in [-0.39, 0.29) is 17.9 Å². The Hall–Kier alpha value is -3.04. The second-order valence-corrected chi connectivity index (χ2v) is 9.17. The van der Waals surface area contributed by atoms with Gasteiger partial charge in [-0.2, -0.15) is 0 Å². The predicted octanol–water partition coefficient (Wildman–Crippen LogP) is 7.25. The van der Waals surface area contributed by atoms with E-state index in [1.165, 1.54) is 19.4 Å². The van der Waals surface area contributed by atoms with Gasteiger partial charge in [-0.25, -0.2) is 14.4 Å². The van der Waals surface area contributed by atoms with Gasteiger partial charge in [-0.05, 0) is 31.2 Å². The monoisotopic (exact) mass is 548 g/mol. The number of aromatic nitrogens is 4. The third kappa shape index (κ3) is 4.69. The van der Waals surface area contributed by atoms with E-state index in [2.05, 4.69) is 19.9 Å². The number of nitrogens with one attached hydrogen (secondary N) is 2. The number of halogens is 4. The molecule has 1 atom stereocenters. The third-order valence-electron chi connectivity index (χ3n) is 5.63. The number of benzene rings is 2. The minimum absolute atomic E-state index is 0.0447. The fraction of sp³-hybridized carbons (Fsp3) is 0.200. The highest BCUT2D eigenvalue weighted by molar-refractivity contribution is 6.42. The summed E-state index contributed by atoms with van der Waals surface area (Å²) in [6.45, 7) is 2.23. The number of methoxy groups -OCH3 is 1. The van der Waals surface area contributed by atoms with E-state index in [9.17, 15) is 0 Å². The van der Waals surface area contributed by atoms with Crippen molar-refractivity contribution in [2.24, 2.45) is 0 Å². The maximum absolute atomic E-state index is 15.4. The van der Waals surface area contributed by atoms with Crippen LogP contribution < -0.4 is 9.47 Å². The molecule has 0 aliphatic heterocycles. The largest absolute Gasteiger partial charge is 0.490 e. The molecule has 186 valence electrons. The van der Waals surface area contributed by atoms with Gasteiger partial charge in [0.25, 0.3) is 0 Å². The zero-order valence-corrected chi connectivity index (χ0v) is 21.4. The Labute approximate surface area is 220 Å². The number of hydrogen-bond donors (Lipinski definition) is 2. The molecule has 0 spiro atoms. The molecule has 0 fully saturated rings. The average Bonchev–Trinajstić information content (AvgIpc) is 3.44. The summed E-state index contributed by atoms with van der Waals surface area (Å²) in [7, 11) is 1.51. The van der Waals surface area contributed by atoms with Crippen molar-refractivity contribution in [1.29, 1.82) is 0 Å². The van der Waals surface area contributed by atoms with Gasteiger partial charge in [0.05, 0.1) is 32.7 Å². The number of nitrogens with zero attached hydrogens (tertiary/aromatic N) is 2. The number of H-pyrrole nitrogens is 2. The van der Waals surface area contributed by atoms with Crippen LogP contribution in [0.1, 0.15) is 30.0 Å². The average molecular weight is 550 g/mol. The van der Waals surface area contributed by atoms with Crippen LogP contribution in [-0.2, 0) is 11.3 Å². The van der Waals surface area contributed by atoms with Crippen molar-refractivity contribution in [3.05, 3.63) is 80.6 Å². The third-order valence-corrected chi connectivity index (χ3v) is 6.56. The summed E-state index contributed by atoms with van der Waals surface area (Å²) < 4.78 is 32.8. The van der Waals surface area contributed by atoms with Gasteiger partial charge in [0.2, 0.25) is 0 Å². The van der Waals surface area contributed by atoms with Crippen molar-refractivity contribution in [3.8, 4) is 11.5 Å². The molecule has 0 amide bonds. The molecular weight excluding hydrogens is 530 g/mol. The summed E-state index contributed by atoms with van der Waals surface area (Å²) >= 11 is 18.3. The summed E-state index contributed by atoms with van der Waals surface area (Å²) in [5.74, 6) is 0.600. The lowest BCUT2D eigenvalue weighted by Gasteiger charge is -2.19. The molecular formula is C25H20Cl3FN4O3. The normalized spacial score (nSPS) is 12.4. The molecule has 0 saturated heterocycles. The van der Waals surface area contributed by atoms with E-state index in [0.717, 1.165) is 5.39 Å². The molecule has 0 aliphatic rings. The van der Waals surface area contributed by atoms with E-state index in [0.29, 0.717) is 55.5 Å². The van der Waals surface area contributed by atoms with Gasteiger partial charge in [0.15, 0.2) is 11.5 Å². The van der Waals surface area contributed by atoms with Crippen LogP contribution in [0.5, 0.6) is 11.5 Å². The van der Waals surface area contributed by atoms with Gasteiger partial charge in [-0.15, -0.1) is 0 Å². The molecule has 7 nitrogen and oxygen atoms in total. The smallest absolute Gasteiger partial charge is 0.164 e. The van der Waals surface area contributed by atoms with Crippen molar-refractivity contribution < 1.29 is 18.6 Å². The van der Waals surface area contributed by atoms with Crippen molar-refractivity contribution >= 4 is 56.9 Å². The Kier molecular flexibility index (Phi) is 6.94. The van der Waals surface area contributed by atoms with Crippen LogP contribution in [0.2, 0.25) is 15.1 Å². The molecule has 0 aliphatic carbocycles. The first-order chi connectivity index (χ1) is 17.4.